The van der Waals surface area contributed by atoms with E-state index in [9.17, 15) is 5.11 Å². The van der Waals surface area contributed by atoms with Gasteiger partial charge in [-0.2, -0.15) is 0 Å². The Morgan fingerprint density at radius 2 is 2.19 bits per heavy atom. The SMILES string of the molecule is CC(C)N1CCC(CNC2CCCc3cc(O)ccc32)C1. The Kier molecular flexibility index (Phi) is 4.51. The molecule has 0 spiro atoms. The summed E-state index contributed by atoms with van der Waals surface area (Å²) < 4.78 is 0. The van der Waals surface area contributed by atoms with Crippen LogP contribution in [0.25, 0.3) is 0 Å². The van der Waals surface area contributed by atoms with Gasteiger partial charge in [-0.25, -0.2) is 0 Å². The van der Waals surface area contributed by atoms with Crippen molar-refractivity contribution in [2.75, 3.05) is 19.6 Å². The average Bonchev–Trinajstić information content (AvgIpc) is 2.93. The molecule has 2 atom stereocenters. The van der Waals surface area contributed by atoms with Crippen molar-refractivity contribution in [1.82, 2.24) is 10.2 Å². The van der Waals surface area contributed by atoms with Crippen LogP contribution >= 0.6 is 0 Å². The van der Waals surface area contributed by atoms with Crippen molar-refractivity contribution in [2.24, 2.45) is 5.92 Å². The zero-order valence-corrected chi connectivity index (χ0v) is 13.3. The normalized spacial score (nSPS) is 26.2. The summed E-state index contributed by atoms with van der Waals surface area (Å²) in [6.45, 7) is 8.19. The summed E-state index contributed by atoms with van der Waals surface area (Å²) in [4.78, 5) is 2.58. The van der Waals surface area contributed by atoms with Gasteiger partial charge in [0, 0.05) is 18.6 Å². The Labute approximate surface area is 128 Å². The number of aryl methyl sites for hydroxylation is 1. The van der Waals surface area contributed by atoms with Crippen LogP contribution in [-0.2, 0) is 6.42 Å². The molecule has 21 heavy (non-hydrogen) atoms. The van der Waals surface area contributed by atoms with Gasteiger partial charge >= 0.3 is 0 Å². The molecule has 1 aromatic rings. The summed E-state index contributed by atoms with van der Waals surface area (Å²) in [5, 5.41) is 13.4. The van der Waals surface area contributed by atoms with E-state index in [1.54, 1.807) is 0 Å². The van der Waals surface area contributed by atoms with Gasteiger partial charge < -0.3 is 15.3 Å². The van der Waals surface area contributed by atoms with Crippen molar-refractivity contribution in [3.05, 3.63) is 29.3 Å². The number of nitrogens with one attached hydrogen (secondary N) is 1. The molecular formula is C18H28N2O. The predicted molar refractivity (Wildman–Crippen MR) is 86.6 cm³/mol. The van der Waals surface area contributed by atoms with E-state index in [4.69, 9.17) is 0 Å². The minimum absolute atomic E-state index is 0.401. The lowest BCUT2D eigenvalue weighted by Crippen LogP contribution is -2.33. The van der Waals surface area contributed by atoms with E-state index < -0.39 is 0 Å². The summed E-state index contributed by atoms with van der Waals surface area (Å²) >= 11 is 0. The van der Waals surface area contributed by atoms with Crippen molar-refractivity contribution in [3.8, 4) is 5.75 Å². The van der Waals surface area contributed by atoms with Crippen LogP contribution in [0, 0.1) is 5.92 Å². The fraction of sp³-hybridized carbons (Fsp3) is 0.667. The Morgan fingerprint density at radius 1 is 1.33 bits per heavy atom. The Hall–Kier alpha value is -1.06. The number of likely N-dealkylation sites (tertiary alicyclic amines) is 1. The van der Waals surface area contributed by atoms with Gasteiger partial charge in [-0.15, -0.1) is 0 Å². The maximum atomic E-state index is 9.63. The third-order valence-electron chi connectivity index (χ3n) is 5.14. The van der Waals surface area contributed by atoms with Crippen LogP contribution in [-0.4, -0.2) is 35.7 Å². The molecule has 3 nitrogen and oxygen atoms in total. The molecule has 0 radical (unpaired) electrons. The first-order chi connectivity index (χ1) is 10.1. The van der Waals surface area contributed by atoms with Crippen LogP contribution in [0.5, 0.6) is 5.75 Å². The fourth-order valence-electron chi connectivity index (χ4n) is 3.82. The zero-order chi connectivity index (χ0) is 14.8. The minimum atomic E-state index is 0.401. The van der Waals surface area contributed by atoms with Crippen LogP contribution in [0.15, 0.2) is 18.2 Å². The standard InChI is InChI=1S/C18H28N2O/c1-13(2)20-9-8-14(12-20)11-19-18-5-3-4-15-10-16(21)6-7-17(15)18/h6-7,10,13-14,18-19,21H,3-5,8-9,11-12H2,1-2H3. The smallest absolute Gasteiger partial charge is 0.115 e. The van der Waals surface area contributed by atoms with E-state index in [0.29, 0.717) is 17.8 Å². The molecule has 1 aliphatic heterocycles. The van der Waals surface area contributed by atoms with E-state index >= 15 is 0 Å². The van der Waals surface area contributed by atoms with Gasteiger partial charge in [0.2, 0.25) is 0 Å². The molecule has 0 amide bonds. The largest absolute Gasteiger partial charge is 0.508 e. The number of hydrogen-bond acceptors (Lipinski definition) is 3. The second kappa shape index (κ2) is 6.37. The van der Waals surface area contributed by atoms with Crippen molar-refractivity contribution >= 4 is 0 Å². The van der Waals surface area contributed by atoms with Gasteiger partial charge in [0.15, 0.2) is 0 Å². The van der Waals surface area contributed by atoms with Crippen molar-refractivity contribution in [3.63, 3.8) is 0 Å². The number of phenols is 1. The van der Waals surface area contributed by atoms with Crippen molar-refractivity contribution in [1.29, 1.82) is 0 Å². The van der Waals surface area contributed by atoms with Gasteiger partial charge in [-0.05, 0) is 81.8 Å². The molecule has 2 N–H and O–H groups in total. The van der Waals surface area contributed by atoms with E-state index in [1.165, 1.54) is 43.5 Å². The number of fused-ring (bicyclic) bond motifs is 1. The first-order valence-electron chi connectivity index (χ1n) is 8.42. The zero-order valence-electron chi connectivity index (χ0n) is 13.3. The second-order valence-electron chi connectivity index (χ2n) is 6.98. The highest BCUT2D eigenvalue weighted by atomic mass is 16.3. The molecule has 1 aromatic carbocycles. The lowest BCUT2D eigenvalue weighted by atomic mass is 9.87. The van der Waals surface area contributed by atoms with Crippen LogP contribution in [0.4, 0.5) is 0 Å². The molecule has 2 unspecified atom stereocenters. The minimum Gasteiger partial charge on any atom is -0.508 e. The predicted octanol–water partition coefficient (Wildman–Crippen LogP) is 3.09. The molecule has 0 bridgehead atoms. The van der Waals surface area contributed by atoms with Crippen LogP contribution in [0.1, 0.15) is 50.3 Å². The molecule has 2 aliphatic rings. The lowest BCUT2D eigenvalue weighted by molar-refractivity contribution is 0.262. The summed E-state index contributed by atoms with van der Waals surface area (Å²) in [5.41, 5.74) is 2.73. The van der Waals surface area contributed by atoms with Crippen molar-refractivity contribution < 1.29 is 5.11 Å². The molecule has 1 heterocycles. The molecule has 1 aliphatic carbocycles. The number of phenolic OH excluding ortho intramolecular Hbond substituents is 1. The third kappa shape index (κ3) is 3.41. The van der Waals surface area contributed by atoms with E-state index in [1.807, 2.05) is 12.1 Å². The molecular weight excluding hydrogens is 260 g/mol. The lowest BCUT2D eigenvalue weighted by Gasteiger charge is -2.28. The van der Waals surface area contributed by atoms with Gasteiger partial charge in [0.05, 0.1) is 0 Å². The highest BCUT2D eigenvalue weighted by Crippen LogP contribution is 2.32. The fourth-order valence-corrected chi connectivity index (χ4v) is 3.82. The van der Waals surface area contributed by atoms with E-state index in [2.05, 4.69) is 30.1 Å². The molecule has 1 fully saturated rings. The van der Waals surface area contributed by atoms with Gasteiger partial charge in [-0.3, -0.25) is 0 Å². The highest BCUT2D eigenvalue weighted by molar-refractivity contribution is 5.38. The topological polar surface area (TPSA) is 35.5 Å². The Balaban J connectivity index is 1.58. The molecule has 3 rings (SSSR count). The van der Waals surface area contributed by atoms with Gasteiger partial charge in [0.25, 0.3) is 0 Å². The van der Waals surface area contributed by atoms with E-state index in [-0.39, 0.29) is 0 Å². The Bertz CT molecular complexity index is 486. The molecule has 0 aromatic heterocycles. The monoisotopic (exact) mass is 288 g/mol. The average molecular weight is 288 g/mol. The first-order valence-corrected chi connectivity index (χ1v) is 8.42. The second-order valence-corrected chi connectivity index (χ2v) is 6.98. The maximum Gasteiger partial charge on any atom is 0.115 e. The number of nitrogens with zero attached hydrogens (tertiary/aromatic N) is 1. The van der Waals surface area contributed by atoms with Gasteiger partial charge in [-0.1, -0.05) is 6.07 Å². The maximum absolute atomic E-state index is 9.63. The highest BCUT2D eigenvalue weighted by Gasteiger charge is 2.26. The summed E-state index contributed by atoms with van der Waals surface area (Å²) in [5.74, 6) is 1.19. The number of rotatable bonds is 4. The van der Waals surface area contributed by atoms with Crippen molar-refractivity contribution in [2.45, 2.75) is 51.6 Å². The first kappa shape index (κ1) is 14.9. The molecule has 3 heteroatoms. The molecule has 116 valence electrons. The van der Waals surface area contributed by atoms with Gasteiger partial charge in [0.1, 0.15) is 5.75 Å². The van der Waals surface area contributed by atoms with E-state index in [0.717, 1.165) is 18.9 Å². The summed E-state index contributed by atoms with van der Waals surface area (Å²) in [7, 11) is 0. The number of hydrogen-bond donors (Lipinski definition) is 2. The third-order valence-corrected chi connectivity index (χ3v) is 5.14. The number of aromatic hydroxyl groups is 1. The van der Waals surface area contributed by atoms with Crippen LogP contribution < -0.4 is 5.32 Å². The quantitative estimate of drug-likeness (QED) is 0.893. The Morgan fingerprint density at radius 3 is 2.95 bits per heavy atom. The summed E-state index contributed by atoms with van der Waals surface area (Å²) in [6.07, 6.45) is 4.86. The molecule has 1 saturated heterocycles. The summed E-state index contributed by atoms with van der Waals surface area (Å²) in [6, 6.07) is 7.03. The van der Waals surface area contributed by atoms with Crippen LogP contribution in [0.2, 0.25) is 0 Å². The number of benzene rings is 1. The van der Waals surface area contributed by atoms with Crippen LogP contribution in [0.3, 0.4) is 0 Å². The molecule has 0 saturated carbocycles.